The van der Waals surface area contributed by atoms with Crippen LogP contribution in [0.5, 0.6) is 5.75 Å². The van der Waals surface area contributed by atoms with Gasteiger partial charge in [-0.2, -0.15) is 0 Å². The summed E-state index contributed by atoms with van der Waals surface area (Å²) >= 11 is 0. The minimum absolute atomic E-state index is 0.0626. The Balaban J connectivity index is 2.65. The van der Waals surface area contributed by atoms with Crippen molar-refractivity contribution in [1.82, 2.24) is 0 Å². The third-order valence-electron chi connectivity index (χ3n) is 4.35. The number of Topliss-reactive ketones (excluding diaryl/α,β-unsaturated/α-hetero) is 2. The highest BCUT2D eigenvalue weighted by atomic mass is 16.5. The molecule has 0 aromatic heterocycles. The summed E-state index contributed by atoms with van der Waals surface area (Å²) in [6.45, 7) is 5.17. The monoisotopic (exact) mass is 324 g/mol. The van der Waals surface area contributed by atoms with Gasteiger partial charge in [-0.05, 0) is 44.0 Å². The van der Waals surface area contributed by atoms with Gasteiger partial charge in [0.05, 0.1) is 7.11 Å². The smallest absolute Gasteiger partial charge is 0.131 e. The summed E-state index contributed by atoms with van der Waals surface area (Å²) in [5.41, 5.74) is 2.45. The molecule has 0 radical (unpaired) electrons. The zero-order valence-electron chi connectivity index (χ0n) is 14.8. The molecule has 24 heavy (non-hydrogen) atoms. The number of carbonyl (C=O) groups excluding carboxylic acids is 2. The van der Waals surface area contributed by atoms with Crippen LogP contribution in [0.1, 0.15) is 43.4 Å². The standard InChI is InChI=1S/C21H24O3/c1-15-5-7-18(8-6-15)21(13-16(2)22,14-17(3)23)19-9-11-20(24-4)12-10-19/h5-12H,13-14H2,1-4H3. The number of rotatable bonds is 7. The second-order valence-electron chi connectivity index (χ2n) is 6.43. The van der Waals surface area contributed by atoms with E-state index in [0.29, 0.717) is 12.8 Å². The van der Waals surface area contributed by atoms with E-state index in [2.05, 4.69) is 0 Å². The van der Waals surface area contributed by atoms with Crippen LogP contribution in [0, 0.1) is 6.92 Å². The minimum atomic E-state index is -0.641. The molecule has 3 heteroatoms. The Hall–Kier alpha value is -2.42. The third-order valence-corrected chi connectivity index (χ3v) is 4.35. The first-order chi connectivity index (χ1) is 11.4. The molecule has 0 fully saturated rings. The van der Waals surface area contributed by atoms with Gasteiger partial charge >= 0.3 is 0 Å². The lowest BCUT2D eigenvalue weighted by molar-refractivity contribution is -0.119. The van der Waals surface area contributed by atoms with Crippen LogP contribution >= 0.6 is 0 Å². The molecule has 0 heterocycles. The van der Waals surface area contributed by atoms with Crippen LogP contribution < -0.4 is 4.74 Å². The molecule has 126 valence electrons. The Morgan fingerprint density at radius 3 is 1.62 bits per heavy atom. The number of hydrogen-bond donors (Lipinski definition) is 0. The molecule has 0 bridgehead atoms. The molecule has 3 nitrogen and oxygen atoms in total. The molecule has 0 atom stereocenters. The fourth-order valence-corrected chi connectivity index (χ4v) is 3.27. The van der Waals surface area contributed by atoms with Gasteiger partial charge in [0.15, 0.2) is 0 Å². The topological polar surface area (TPSA) is 43.4 Å². The Bertz CT molecular complexity index is 696. The molecule has 0 aliphatic carbocycles. The molecule has 0 spiro atoms. The predicted molar refractivity (Wildman–Crippen MR) is 95.5 cm³/mol. The maximum Gasteiger partial charge on any atom is 0.131 e. The maximum absolute atomic E-state index is 12.0. The molecule has 2 rings (SSSR count). The second-order valence-corrected chi connectivity index (χ2v) is 6.43. The van der Waals surface area contributed by atoms with Gasteiger partial charge in [-0.15, -0.1) is 0 Å². The number of hydrogen-bond acceptors (Lipinski definition) is 3. The summed E-state index contributed by atoms with van der Waals surface area (Å²) in [7, 11) is 1.62. The van der Waals surface area contributed by atoms with Crippen molar-refractivity contribution in [1.29, 1.82) is 0 Å². The minimum Gasteiger partial charge on any atom is -0.497 e. The average molecular weight is 324 g/mol. The third kappa shape index (κ3) is 3.91. The zero-order chi connectivity index (χ0) is 17.7. The lowest BCUT2D eigenvalue weighted by Gasteiger charge is -2.34. The highest BCUT2D eigenvalue weighted by Gasteiger charge is 2.37. The molecule has 0 saturated heterocycles. The molecular formula is C21H24O3. The van der Waals surface area contributed by atoms with Crippen LogP contribution in [0.3, 0.4) is 0 Å². The molecule has 0 unspecified atom stereocenters. The lowest BCUT2D eigenvalue weighted by Crippen LogP contribution is -2.32. The quantitative estimate of drug-likeness (QED) is 0.765. The van der Waals surface area contributed by atoms with Crippen LogP contribution in [0.25, 0.3) is 0 Å². The normalized spacial score (nSPS) is 11.2. The predicted octanol–water partition coefficient (Wildman–Crippen LogP) is 4.25. The van der Waals surface area contributed by atoms with Gasteiger partial charge < -0.3 is 4.74 Å². The highest BCUT2D eigenvalue weighted by Crippen LogP contribution is 2.40. The highest BCUT2D eigenvalue weighted by molar-refractivity contribution is 5.83. The molecule has 2 aromatic rings. The van der Waals surface area contributed by atoms with Crippen LogP contribution in [0.15, 0.2) is 48.5 Å². The average Bonchev–Trinajstić information content (AvgIpc) is 2.54. The van der Waals surface area contributed by atoms with E-state index >= 15 is 0 Å². The van der Waals surface area contributed by atoms with Crippen molar-refractivity contribution >= 4 is 11.6 Å². The van der Waals surface area contributed by atoms with Gasteiger partial charge in [-0.1, -0.05) is 42.0 Å². The fraction of sp³-hybridized carbons (Fsp3) is 0.333. The van der Waals surface area contributed by atoms with E-state index in [1.165, 1.54) is 0 Å². The van der Waals surface area contributed by atoms with Crippen molar-refractivity contribution in [3.8, 4) is 5.75 Å². The van der Waals surface area contributed by atoms with Gasteiger partial charge in [0.1, 0.15) is 17.3 Å². The first-order valence-corrected chi connectivity index (χ1v) is 8.08. The van der Waals surface area contributed by atoms with Gasteiger partial charge in [0.2, 0.25) is 0 Å². The van der Waals surface area contributed by atoms with E-state index in [9.17, 15) is 9.59 Å². The summed E-state index contributed by atoms with van der Waals surface area (Å²) in [4.78, 5) is 24.1. The molecule has 0 aliphatic rings. The fourth-order valence-electron chi connectivity index (χ4n) is 3.27. The van der Waals surface area contributed by atoms with Crippen molar-refractivity contribution in [3.05, 3.63) is 65.2 Å². The molecule has 0 N–H and O–H groups in total. The van der Waals surface area contributed by atoms with E-state index in [4.69, 9.17) is 4.74 Å². The van der Waals surface area contributed by atoms with Crippen LogP contribution in [0.2, 0.25) is 0 Å². The number of methoxy groups -OCH3 is 1. The summed E-state index contributed by atoms with van der Waals surface area (Å²) < 4.78 is 5.23. The summed E-state index contributed by atoms with van der Waals surface area (Å²) in [5.74, 6) is 0.877. The van der Waals surface area contributed by atoms with E-state index in [1.54, 1.807) is 21.0 Å². The summed E-state index contributed by atoms with van der Waals surface area (Å²) in [5, 5.41) is 0. The Labute approximate surface area is 143 Å². The van der Waals surface area contributed by atoms with Crippen molar-refractivity contribution in [3.63, 3.8) is 0 Å². The van der Waals surface area contributed by atoms with E-state index < -0.39 is 5.41 Å². The largest absolute Gasteiger partial charge is 0.497 e. The van der Waals surface area contributed by atoms with Gasteiger partial charge in [-0.25, -0.2) is 0 Å². The molecule has 0 saturated carbocycles. The van der Waals surface area contributed by atoms with E-state index in [-0.39, 0.29) is 11.6 Å². The Morgan fingerprint density at radius 2 is 1.25 bits per heavy atom. The van der Waals surface area contributed by atoms with Crippen molar-refractivity contribution in [2.24, 2.45) is 0 Å². The van der Waals surface area contributed by atoms with Gasteiger partial charge in [0.25, 0.3) is 0 Å². The zero-order valence-corrected chi connectivity index (χ0v) is 14.8. The first kappa shape index (κ1) is 17.9. The molecular weight excluding hydrogens is 300 g/mol. The van der Waals surface area contributed by atoms with Gasteiger partial charge in [-0.3, -0.25) is 9.59 Å². The summed E-state index contributed by atoms with van der Waals surface area (Å²) in [6, 6.07) is 15.7. The number of benzene rings is 2. The SMILES string of the molecule is COc1ccc(C(CC(C)=O)(CC(C)=O)c2ccc(C)cc2)cc1. The van der Waals surface area contributed by atoms with Crippen LogP contribution in [-0.2, 0) is 15.0 Å². The number of carbonyl (C=O) groups is 2. The molecule has 0 aliphatic heterocycles. The first-order valence-electron chi connectivity index (χ1n) is 8.08. The van der Waals surface area contributed by atoms with Crippen molar-refractivity contribution < 1.29 is 14.3 Å². The second kappa shape index (κ2) is 7.43. The number of ketones is 2. The molecule has 2 aromatic carbocycles. The van der Waals surface area contributed by atoms with Crippen molar-refractivity contribution in [2.75, 3.05) is 7.11 Å². The Kier molecular flexibility index (Phi) is 5.55. The van der Waals surface area contributed by atoms with E-state index in [1.807, 2.05) is 55.5 Å². The molecule has 0 amide bonds. The summed E-state index contributed by atoms with van der Waals surface area (Å²) in [6.07, 6.45) is 0.587. The van der Waals surface area contributed by atoms with Gasteiger partial charge in [0, 0.05) is 18.3 Å². The van der Waals surface area contributed by atoms with Crippen LogP contribution in [0.4, 0.5) is 0 Å². The lowest BCUT2D eigenvalue weighted by atomic mass is 9.68. The maximum atomic E-state index is 12.0. The number of ether oxygens (including phenoxy) is 1. The number of aryl methyl sites for hydroxylation is 1. The Morgan fingerprint density at radius 1 is 0.833 bits per heavy atom. The van der Waals surface area contributed by atoms with Crippen LogP contribution in [-0.4, -0.2) is 18.7 Å². The van der Waals surface area contributed by atoms with E-state index in [0.717, 1.165) is 22.4 Å². The van der Waals surface area contributed by atoms with Crippen molar-refractivity contribution in [2.45, 2.75) is 39.0 Å².